The number of rotatable bonds is 9. The van der Waals surface area contributed by atoms with Crippen LogP contribution in [0.1, 0.15) is 42.9 Å². The first-order chi connectivity index (χ1) is 13.7. The van der Waals surface area contributed by atoms with Crippen LogP contribution in [0.5, 0.6) is 11.5 Å². The summed E-state index contributed by atoms with van der Waals surface area (Å²) < 4.78 is 16.9. The molecule has 2 aromatic rings. The average molecular weight is 383 g/mol. The Kier molecular flexibility index (Phi) is 7.18. The molecule has 0 aromatic heterocycles. The van der Waals surface area contributed by atoms with Gasteiger partial charge in [0.25, 0.3) is 0 Å². The van der Waals surface area contributed by atoms with Gasteiger partial charge in [-0.2, -0.15) is 0 Å². The monoisotopic (exact) mass is 383 g/mol. The van der Waals surface area contributed by atoms with Crippen LogP contribution < -0.4 is 9.47 Å². The Hall–Kier alpha value is -2.69. The second kappa shape index (κ2) is 10.0. The summed E-state index contributed by atoms with van der Waals surface area (Å²) in [7, 11) is 3.39. The Morgan fingerprint density at radius 3 is 2.64 bits per heavy atom. The molecule has 0 aliphatic carbocycles. The number of hydrogen-bond acceptors (Lipinski definition) is 4. The Bertz CT molecular complexity index is 762. The fourth-order valence-electron chi connectivity index (χ4n) is 3.35. The molecule has 1 unspecified atom stereocenters. The fourth-order valence-corrected chi connectivity index (χ4v) is 3.35. The zero-order valence-corrected chi connectivity index (χ0v) is 16.7. The summed E-state index contributed by atoms with van der Waals surface area (Å²) >= 11 is 0. The lowest BCUT2D eigenvalue weighted by molar-refractivity contribution is 0.0323. The van der Waals surface area contributed by atoms with Crippen LogP contribution in [-0.4, -0.2) is 38.3 Å². The third kappa shape index (κ3) is 5.41. The van der Waals surface area contributed by atoms with Gasteiger partial charge < -0.3 is 19.1 Å². The van der Waals surface area contributed by atoms with Gasteiger partial charge in [-0.15, -0.1) is 0 Å². The maximum atomic E-state index is 11.8. The largest absolute Gasteiger partial charge is 0.493 e. The quantitative estimate of drug-likeness (QED) is 0.572. The highest BCUT2D eigenvalue weighted by Gasteiger charge is 2.26. The van der Waals surface area contributed by atoms with Crippen LogP contribution in [0, 0.1) is 0 Å². The molecule has 1 heterocycles. The number of benzene rings is 2. The summed E-state index contributed by atoms with van der Waals surface area (Å²) in [6, 6.07) is 16.3. The summed E-state index contributed by atoms with van der Waals surface area (Å²) in [5, 5.41) is 0. The van der Waals surface area contributed by atoms with Crippen molar-refractivity contribution in [3.63, 3.8) is 0 Å². The normalized spacial score (nSPS) is 16.6. The maximum absolute atomic E-state index is 11.8. The average Bonchev–Trinajstić information content (AvgIpc) is 2.73. The summed E-state index contributed by atoms with van der Waals surface area (Å²) in [6.45, 7) is 1.33. The Labute approximate surface area is 167 Å². The molecular weight excluding hydrogens is 354 g/mol. The molecule has 0 radical (unpaired) electrons. The summed E-state index contributed by atoms with van der Waals surface area (Å²) in [6.07, 6.45) is 4.60. The van der Waals surface area contributed by atoms with Gasteiger partial charge in [0.2, 0.25) is 0 Å². The van der Waals surface area contributed by atoms with Gasteiger partial charge in [-0.1, -0.05) is 36.4 Å². The van der Waals surface area contributed by atoms with Crippen LogP contribution in [0.25, 0.3) is 0 Å². The molecule has 1 amide bonds. The van der Waals surface area contributed by atoms with Crippen LogP contribution >= 0.6 is 0 Å². The lowest BCUT2D eigenvalue weighted by Gasteiger charge is -2.29. The molecular formula is C23H29NO4. The van der Waals surface area contributed by atoms with Crippen molar-refractivity contribution >= 4 is 6.09 Å². The molecule has 0 spiro atoms. The summed E-state index contributed by atoms with van der Waals surface area (Å²) in [4.78, 5) is 13.4. The number of nitrogens with zero attached hydrogens (tertiary/aromatic N) is 1. The van der Waals surface area contributed by atoms with E-state index in [0.717, 1.165) is 37.7 Å². The van der Waals surface area contributed by atoms with E-state index in [4.69, 9.17) is 14.2 Å². The molecule has 5 nitrogen and oxygen atoms in total. The van der Waals surface area contributed by atoms with E-state index in [1.807, 2.05) is 24.3 Å². The predicted octanol–water partition coefficient (Wildman–Crippen LogP) is 5.00. The van der Waals surface area contributed by atoms with Gasteiger partial charge in [0.15, 0.2) is 11.5 Å². The number of unbranched alkanes of at least 4 members (excludes halogenated alkanes) is 2. The maximum Gasteiger partial charge on any atom is 0.410 e. The van der Waals surface area contributed by atoms with Gasteiger partial charge in [-0.05, 0) is 48.9 Å². The molecule has 0 saturated carbocycles. The van der Waals surface area contributed by atoms with Crippen molar-refractivity contribution in [2.75, 3.05) is 27.3 Å². The molecule has 3 rings (SSSR count). The van der Waals surface area contributed by atoms with Crippen LogP contribution in [0.15, 0.2) is 48.5 Å². The number of carbonyl (C=O) groups is 1. The van der Waals surface area contributed by atoms with Gasteiger partial charge in [0.1, 0.15) is 6.10 Å². The van der Waals surface area contributed by atoms with Gasteiger partial charge in [0.05, 0.1) is 13.7 Å². The third-order valence-corrected chi connectivity index (χ3v) is 5.05. The number of carbonyl (C=O) groups excluding carboxylic acids is 1. The van der Waals surface area contributed by atoms with Crippen LogP contribution in [-0.2, 0) is 11.2 Å². The molecule has 0 bridgehead atoms. The number of aryl methyl sites for hydroxylation is 1. The second-order valence-corrected chi connectivity index (χ2v) is 7.14. The Morgan fingerprint density at radius 2 is 1.89 bits per heavy atom. The molecule has 0 N–H and O–H groups in total. The first-order valence-electron chi connectivity index (χ1n) is 9.94. The van der Waals surface area contributed by atoms with Crippen LogP contribution in [0.4, 0.5) is 4.79 Å². The lowest BCUT2D eigenvalue weighted by atomic mass is 10.0. The minimum absolute atomic E-state index is 0.233. The van der Waals surface area contributed by atoms with Gasteiger partial charge in [0, 0.05) is 20.0 Å². The number of methoxy groups -OCH3 is 1. The van der Waals surface area contributed by atoms with Gasteiger partial charge >= 0.3 is 6.09 Å². The third-order valence-electron chi connectivity index (χ3n) is 5.05. The smallest absolute Gasteiger partial charge is 0.410 e. The highest BCUT2D eigenvalue weighted by molar-refractivity contribution is 5.68. The molecule has 5 heteroatoms. The Morgan fingerprint density at radius 1 is 1.07 bits per heavy atom. The minimum atomic E-state index is -0.284. The first kappa shape index (κ1) is 20.1. The van der Waals surface area contributed by atoms with Crippen LogP contribution in [0.3, 0.4) is 0 Å². The van der Waals surface area contributed by atoms with E-state index in [9.17, 15) is 4.79 Å². The van der Waals surface area contributed by atoms with E-state index in [-0.39, 0.29) is 12.2 Å². The minimum Gasteiger partial charge on any atom is -0.493 e. The molecule has 1 atom stereocenters. The van der Waals surface area contributed by atoms with Crippen molar-refractivity contribution in [2.24, 2.45) is 0 Å². The predicted molar refractivity (Wildman–Crippen MR) is 109 cm³/mol. The number of hydrogen-bond donors (Lipinski definition) is 0. The molecule has 150 valence electrons. The van der Waals surface area contributed by atoms with E-state index in [2.05, 4.69) is 24.3 Å². The van der Waals surface area contributed by atoms with Crippen molar-refractivity contribution in [2.45, 2.75) is 38.2 Å². The molecule has 2 aromatic carbocycles. The van der Waals surface area contributed by atoms with E-state index in [1.165, 1.54) is 5.56 Å². The molecule has 1 aliphatic heterocycles. The lowest BCUT2D eigenvalue weighted by Crippen LogP contribution is -2.35. The van der Waals surface area contributed by atoms with Crippen LogP contribution in [0.2, 0.25) is 0 Å². The second-order valence-electron chi connectivity index (χ2n) is 7.14. The highest BCUT2D eigenvalue weighted by Crippen LogP contribution is 2.34. The van der Waals surface area contributed by atoms with Crippen molar-refractivity contribution in [3.8, 4) is 11.5 Å². The topological polar surface area (TPSA) is 48.0 Å². The zero-order chi connectivity index (χ0) is 19.8. The van der Waals surface area contributed by atoms with Crippen molar-refractivity contribution in [1.29, 1.82) is 0 Å². The zero-order valence-electron chi connectivity index (χ0n) is 16.7. The van der Waals surface area contributed by atoms with Crippen molar-refractivity contribution in [1.82, 2.24) is 4.90 Å². The van der Waals surface area contributed by atoms with E-state index in [1.54, 1.807) is 19.1 Å². The van der Waals surface area contributed by atoms with E-state index >= 15 is 0 Å². The number of ether oxygens (including phenoxy) is 3. The highest BCUT2D eigenvalue weighted by atomic mass is 16.6. The number of cyclic esters (lactones) is 1. The standard InChI is InChI=1S/C23H29NO4/c1-24-15-14-20(28-23(24)25)19-12-13-21(26-2)22(17-19)27-16-8-4-7-11-18-9-5-3-6-10-18/h3,5-6,9-10,12-13,17,20H,4,7-8,11,14-16H2,1-2H3. The summed E-state index contributed by atoms with van der Waals surface area (Å²) in [5.74, 6) is 1.41. The van der Waals surface area contributed by atoms with Crippen molar-refractivity contribution in [3.05, 3.63) is 59.7 Å². The molecule has 1 fully saturated rings. The van der Waals surface area contributed by atoms with E-state index in [0.29, 0.717) is 24.7 Å². The molecule has 28 heavy (non-hydrogen) atoms. The van der Waals surface area contributed by atoms with E-state index < -0.39 is 0 Å². The Balaban J connectivity index is 1.49. The summed E-state index contributed by atoms with van der Waals surface area (Å²) in [5.41, 5.74) is 2.33. The van der Waals surface area contributed by atoms with Gasteiger partial charge in [-0.3, -0.25) is 0 Å². The number of amides is 1. The molecule has 1 aliphatic rings. The first-order valence-corrected chi connectivity index (χ1v) is 9.94. The van der Waals surface area contributed by atoms with Crippen molar-refractivity contribution < 1.29 is 19.0 Å². The SMILES string of the molecule is COc1ccc(C2CCN(C)C(=O)O2)cc1OCCCCCc1ccccc1. The van der Waals surface area contributed by atoms with Gasteiger partial charge in [-0.25, -0.2) is 4.79 Å². The fraction of sp³-hybridized carbons (Fsp3) is 0.435. The molecule has 1 saturated heterocycles.